The van der Waals surface area contributed by atoms with E-state index in [4.69, 9.17) is 5.73 Å². The van der Waals surface area contributed by atoms with Gasteiger partial charge in [0.1, 0.15) is 23.8 Å². The number of nitrogens with two attached hydrogens (primary N) is 1. The molecule has 0 spiro atoms. The first kappa shape index (κ1) is 33.1. The Bertz CT molecular complexity index is 1530. The normalized spacial score (nSPS) is 23.5. The summed E-state index contributed by atoms with van der Waals surface area (Å²) in [5.74, 6) is -4.70. The van der Waals surface area contributed by atoms with Crippen LogP contribution in [0.2, 0.25) is 0 Å². The summed E-state index contributed by atoms with van der Waals surface area (Å²) in [6.45, 7) is 2.38. The molecule has 1 unspecified atom stereocenters. The van der Waals surface area contributed by atoms with Crippen LogP contribution < -0.4 is 21.7 Å². The van der Waals surface area contributed by atoms with Crippen LogP contribution in [0.5, 0.6) is 0 Å². The topological polar surface area (TPSA) is 227 Å². The zero-order valence-corrected chi connectivity index (χ0v) is 26.7. The molecule has 2 saturated heterocycles. The fourth-order valence-corrected chi connectivity index (χ4v) is 8.31. The van der Waals surface area contributed by atoms with Crippen LogP contribution in [-0.4, -0.2) is 120 Å². The predicted molar refractivity (Wildman–Crippen MR) is 169 cm³/mol. The van der Waals surface area contributed by atoms with E-state index in [1.165, 1.54) is 53.1 Å². The first-order valence-electron chi connectivity index (χ1n) is 13.8. The molecular weight excluding hydrogens is 663 g/mol. The second-order valence-electron chi connectivity index (χ2n) is 10.2. The molecular formula is C26H29N9O8S3. The minimum atomic E-state index is -2.06. The number of β-lactam (4-membered cyclic amide) rings is 1. The number of carbonyl (C=O) groups excluding carboxylic acids is 6. The van der Waals surface area contributed by atoms with Crippen molar-refractivity contribution in [2.24, 2.45) is 4.99 Å². The van der Waals surface area contributed by atoms with Gasteiger partial charge in [-0.05, 0) is 42.1 Å². The molecule has 4 heterocycles. The molecule has 20 heteroatoms. The standard InChI is InChI=1S/C26H29N9O8S3/c1-2-32-7-8-33(21(39)20(32)38)25(43)30-17(14-3-5-16(27)6-4-14)19(37)31-26(29-12-36)23(42)35-18(22(40)41)15(9-44-24(26)35)10-45-34-11-28-13-46-34/h3-6,12-13,17,24H,2,7-11,27H2,1H3,(H,29,36)(H,30,43)(H,31,37)(H,40,41)/t17?,24-,26+/m0/s1. The summed E-state index contributed by atoms with van der Waals surface area (Å²) in [4.78, 5) is 97.1. The smallest absolute Gasteiger partial charge is 0.352 e. The van der Waals surface area contributed by atoms with Crippen molar-refractivity contribution in [1.82, 2.24) is 34.4 Å². The molecule has 4 aliphatic heterocycles. The number of nitrogens with zero attached hydrogens (tertiary/aromatic N) is 5. The van der Waals surface area contributed by atoms with E-state index in [9.17, 15) is 38.7 Å². The summed E-state index contributed by atoms with van der Waals surface area (Å²) >= 11 is 3.84. The number of amides is 7. The van der Waals surface area contributed by atoms with E-state index in [1.807, 2.05) is 3.71 Å². The third kappa shape index (κ3) is 6.11. The van der Waals surface area contributed by atoms with Crippen molar-refractivity contribution in [2.45, 2.75) is 24.0 Å². The van der Waals surface area contributed by atoms with Gasteiger partial charge in [0, 0.05) is 36.8 Å². The molecule has 5 rings (SSSR count). The lowest BCUT2D eigenvalue weighted by Crippen LogP contribution is -2.85. The maximum Gasteiger partial charge on any atom is 0.352 e. The van der Waals surface area contributed by atoms with Gasteiger partial charge in [0.15, 0.2) is 0 Å². The van der Waals surface area contributed by atoms with Gasteiger partial charge in [-0.25, -0.2) is 9.59 Å². The predicted octanol–water partition coefficient (Wildman–Crippen LogP) is -0.880. The number of carbonyl (C=O) groups is 7. The number of thioether (sulfide) groups is 1. The summed E-state index contributed by atoms with van der Waals surface area (Å²) in [5.41, 5.74) is 6.19. The number of carboxylic acids is 1. The zero-order chi connectivity index (χ0) is 33.2. The van der Waals surface area contributed by atoms with Crippen molar-refractivity contribution in [3.8, 4) is 0 Å². The summed E-state index contributed by atoms with van der Waals surface area (Å²) < 4.78 is 1.85. The first-order valence-corrected chi connectivity index (χ1v) is 16.6. The van der Waals surface area contributed by atoms with Crippen LogP contribution >= 0.6 is 35.7 Å². The Morgan fingerprint density at radius 1 is 1.20 bits per heavy atom. The summed E-state index contributed by atoms with van der Waals surface area (Å²) in [7, 11) is 0. The maximum atomic E-state index is 13.9. The summed E-state index contributed by atoms with van der Waals surface area (Å²) in [6, 6.07) is 3.29. The van der Waals surface area contributed by atoms with Crippen LogP contribution in [0, 0.1) is 0 Å². The Kier molecular flexibility index (Phi) is 9.79. The number of rotatable bonds is 11. The fraction of sp³-hybridized carbons (Fsp3) is 0.385. The molecule has 17 nitrogen and oxygen atoms in total. The van der Waals surface area contributed by atoms with Crippen molar-refractivity contribution >= 4 is 88.9 Å². The average Bonchev–Trinajstić information content (AvgIpc) is 3.57. The molecule has 3 atom stereocenters. The van der Waals surface area contributed by atoms with E-state index < -0.39 is 52.7 Å². The number of piperazine rings is 1. The van der Waals surface area contributed by atoms with Crippen molar-refractivity contribution in [1.29, 1.82) is 0 Å². The third-order valence-electron chi connectivity index (χ3n) is 7.52. The average molecular weight is 692 g/mol. The van der Waals surface area contributed by atoms with Crippen LogP contribution in [0.25, 0.3) is 0 Å². The highest BCUT2D eigenvalue weighted by molar-refractivity contribution is 8.19. The molecule has 0 saturated carbocycles. The largest absolute Gasteiger partial charge is 0.477 e. The minimum Gasteiger partial charge on any atom is -0.477 e. The lowest BCUT2D eigenvalue weighted by Gasteiger charge is -2.56. The number of hydrogen-bond donors (Lipinski definition) is 5. The van der Waals surface area contributed by atoms with Gasteiger partial charge in [0.25, 0.3) is 5.91 Å². The van der Waals surface area contributed by atoms with E-state index >= 15 is 0 Å². The third-order valence-corrected chi connectivity index (χ3v) is 11.0. The second-order valence-corrected chi connectivity index (χ2v) is 13.3. The number of hydrogen-bond acceptors (Lipinski definition) is 13. The van der Waals surface area contributed by atoms with Gasteiger partial charge in [-0.1, -0.05) is 24.1 Å². The summed E-state index contributed by atoms with van der Waals surface area (Å²) in [5, 5.41) is 16.4. The van der Waals surface area contributed by atoms with Crippen molar-refractivity contribution in [3.63, 3.8) is 0 Å². The molecule has 1 aromatic carbocycles. The van der Waals surface area contributed by atoms with E-state index in [-0.39, 0.29) is 48.8 Å². The first-order chi connectivity index (χ1) is 22.0. The molecule has 6 N–H and O–H groups in total. The van der Waals surface area contributed by atoms with Gasteiger partial charge in [-0.3, -0.25) is 38.8 Å². The quantitative estimate of drug-likeness (QED) is 0.0475. The van der Waals surface area contributed by atoms with Gasteiger partial charge >= 0.3 is 23.8 Å². The molecule has 0 aliphatic carbocycles. The Morgan fingerprint density at radius 3 is 2.57 bits per heavy atom. The molecule has 244 valence electrons. The van der Waals surface area contributed by atoms with Crippen molar-refractivity contribution in [2.75, 3.05) is 43.5 Å². The van der Waals surface area contributed by atoms with Crippen LogP contribution in [0.4, 0.5) is 10.5 Å². The Hall–Kier alpha value is -4.27. The molecule has 1 aromatic rings. The Labute approximate surface area is 275 Å². The molecule has 46 heavy (non-hydrogen) atoms. The van der Waals surface area contributed by atoms with Crippen LogP contribution in [0.3, 0.4) is 0 Å². The van der Waals surface area contributed by atoms with Crippen molar-refractivity contribution < 1.29 is 38.7 Å². The number of benzene rings is 1. The van der Waals surface area contributed by atoms with Crippen LogP contribution in [0.1, 0.15) is 18.5 Å². The highest BCUT2D eigenvalue weighted by Gasteiger charge is 2.66. The number of nitrogens with one attached hydrogen (secondary N) is 3. The molecule has 2 fully saturated rings. The number of nitrogen functional groups attached to an aromatic ring is 1. The number of urea groups is 1. The van der Waals surface area contributed by atoms with E-state index in [1.54, 1.807) is 12.5 Å². The number of anilines is 1. The number of likely N-dealkylation sites (N-methyl/N-ethyl adjacent to an activating group) is 1. The number of aliphatic carboxylic acids is 1. The maximum absolute atomic E-state index is 13.9. The molecule has 0 bridgehead atoms. The number of carboxylic acid groups (broad SMARTS) is 1. The lowest BCUT2D eigenvalue weighted by molar-refractivity contribution is -0.163. The number of fused-ring (bicyclic) bond motifs is 1. The highest BCUT2D eigenvalue weighted by atomic mass is 32.2. The molecule has 4 aliphatic rings. The second kappa shape index (κ2) is 13.6. The molecule has 0 radical (unpaired) electrons. The Morgan fingerprint density at radius 2 is 1.93 bits per heavy atom. The monoisotopic (exact) mass is 691 g/mol. The van der Waals surface area contributed by atoms with Crippen molar-refractivity contribution in [3.05, 3.63) is 41.1 Å². The van der Waals surface area contributed by atoms with E-state index in [0.29, 0.717) is 22.8 Å². The van der Waals surface area contributed by atoms with Crippen LogP contribution in [0.15, 0.2) is 40.5 Å². The van der Waals surface area contributed by atoms with Gasteiger partial charge in [-0.2, -0.15) is 3.71 Å². The van der Waals surface area contributed by atoms with Gasteiger partial charge < -0.3 is 31.7 Å². The summed E-state index contributed by atoms with van der Waals surface area (Å²) in [6.07, 6.45) is 0.213. The number of aliphatic imine (C=N–C) groups is 1. The minimum absolute atomic E-state index is 0.105. The SMILES string of the molecule is CCN1CCN(C(=O)NC(C(=O)N[C@]2(NC=O)C(=O)N3C(C(=O)O)=C(CSN4CN=CS4)CS[C@H]32)c2ccc(N)cc2)C(=O)C1=O. The van der Waals surface area contributed by atoms with E-state index in [0.717, 1.165) is 16.7 Å². The lowest BCUT2D eigenvalue weighted by atomic mass is 9.94. The molecule has 7 amide bonds. The fourth-order valence-electron chi connectivity index (χ4n) is 5.17. The van der Waals surface area contributed by atoms with Gasteiger partial charge in [0.2, 0.25) is 18.0 Å². The van der Waals surface area contributed by atoms with Gasteiger partial charge in [0.05, 0.1) is 5.55 Å². The molecule has 0 aromatic heterocycles. The Balaban J connectivity index is 1.39. The van der Waals surface area contributed by atoms with Crippen LogP contribution in [-0.2, 0) is 28.8 Å². The van der Waals surface area contributed by atoms with E-state index in [2.05, 4.69) is 20.9 Å². The van der Waals surface area contributed by atoms with Gasteiger partial charge in [-0.15, -0.1) is 11.8 Å². The zero-order valence-electron chi connectivity index (χ0n) is 24.2. The number of imide groups is 1. The highest BCUT2D eigenvalue weighted by Crippen LogP contribution is 2.46.